The number of hydrogen-bond donors (Lipinski definition) is 1. The van der Waals surface area contributed by atoms with Gasteiger partial charge >= 0.3 is 5.97 Å². The summed E-state index contributed by atoms with van der Waals surface area (Å²) in [5.74, 6) is -0.506. The van der Waals surface area contributed by atoms with Crippen LogP contribution in [0.25, 0.3) is 0 Å². The number of nitrogens with zero attached hydrogens (tertiary/aromatic N) is 3. The molecule has 0 aliphatic rings. The summed E-state index contributed by atoms with van der Waals surface area (Å²) in [6, 6.07) is 0. The number of hydrogen-bond acceptors (Lipinski definition) is 4. The zero-order valence-electron chi connectivity index (χ0n) is 10.2. The maximum Gasteiger partial charge on any atom is 0.319 e. The van der Waals surface area contributed by atoms with Gasteiger partial charge in [-0.15, -0.1) is 0 Å². The van der Waals surface area contributed by atoms with E-state index < -0.39 is 22.0 Å². The van der Waals surface area contributed by atoms with E-state index in [0.717, 1.165) is 0 Å². The third-order valence-corrected chi connectivity index (χ3v) is 4.25. The smallest absolute Gasteiger partial charge is 0.319 e. The summed E-state index contributed by atoms with van der Waals surface area (Å²) in [5.41, 5.74) is 0. The molecule has 1 aromatic heterocycles. The molecule has 17 heavy (non-hydrogen) atoms. The van der Waals surface area contributed by atoms with Gasteiger partial charge in [0.15, 0.2) is 0 Å². The van der Waals surface area contributed by atoms with Gasteiger partial charge in [0.2, 0.25) is 0 Å². The second-order valence-electron chi connectivity index (χ2n) is 4.02. The maximum absolute atomic E-state index is 12.0. The average molecular weight is 259 g/mol. The van der Waals surface area contributed by atoms with Crippen LogP contribution < -0.4 is 0 Å². The van der Waals surface area contributed by atoms with E-state index in [1.165, 1.54) is 6.33 Å². The summed E-state index contributed by atoms with van der Waals surface area (Å²) in [4.78, 5) is 15.0. The van der Waals surface area contributed by atoms with E-state index >= 15 is 0 Å². The third kappa shape index (κ3) is 3.36. The lowest BCUT2D eigenvalue weighted by atomic mass is 10.1. The first kappa shape index (κ1) is 13.8. The molecule has 1 rings (SSSR count). The number of aryl methyl sites for hydroxylation is 1. The molecule has 96 valence electrons. The third-order valence-electron chi connectivity index (χ3n) is 2.40. The second kappa shape index (κ2) is 5.90. The number of carbonyl (C=O) groups is 1. The van der Waals surface area contributed by atoms with E-state index in [1.807, 2.05) is 6.92 Å². The number of aliphatic carboxylic acids is 1. The number of carboxylic acid groups (broad SMARTS) is 1. The van der Waals surface area contributed by atoms with Gasteiger partial charge in [-0.2, -0.15) is 5.10 Å². The molecule has 6 nitrogen and oxygen atoms in total. The Labute approximate surface area is 103 Å². The van der Waals surface area contributed by atoms with Gasteiger partial charge in [-0.25, -0.2) is 9.67 Å². The molecule has 2 atom stereocenters. The van der Waals surface area contributed by atoms with Crippen molar-refractivity contribution in [1.82, 2.24) is 14.8 Å². The Morgan fingerprint density at radius 2 is 2.24 bits per heavy atom. The lowest BCUT2D eigenvalue weighted by molar-refractivity contribution is -0.137. The van der Waals surface area contributed by atoms with Gasteiger partial charge in [-0.05, 0) is 12.8 Å². The van der Waals surface area contributed by atoms with Gasteiger partial charge in [0, 0.05) is 17.3 Å². The molecule has 0 aliphatic carbocycles. The highest BCUT2D eigenvalue weighted by atomic mass is 32.2. The van der Waals surface area contributed by atoms with Crippen LogP contribution in [0.1, 0.15) is 26.6 Å². The fourth-order valence-corrected chi connectivity index (χ4v) is 3.07. The van der Waals surface area contributed by atoms with Crippen molar-refractivity contribution in [3.63, 3.8) is 0 Å². The minimum absolute atomic E-state index is 0.128. The molecule has 0 aromatic carbocycles. The van der Waals surface area contributed by atoms with Crippen LogP contribution in [0.2, 0.25) is 0 Å². The van der Waals surface area contributed by atoms with Gasteiger partial charge in [-0.1, -0.05) is 13.8 Å². The average Bonchev–Trinajstić information content (AvgIpc) is 2.63. The first-order valence-electron chi connectivity index (χ1n) is 5.44. The van der Waals surface area contributed by atoms with Gasteiger partial charge in [0.25, 0.3) is 0 Å². The summed E-state index contributed by atoms with van der Waals surface area (Å²) in [6.45, 7) is 6.03. The molecular formula is C10H17N3O3S. The molecule has 1 heterocycles. The highest BCUT2D eigenvalue weighted by Crippen LogP contribution is 2.13. The van der Waals surface area contributed by atoms with Crippen molar-refractivity contribution in [2.45, 2.75) is 38.3 Å². The Morgan fingerprint density at radius 3 is 2.71 bits per heavy atom. The predicted octanol–water partition coefficient (Wildman–Crippen LogP) is 0.656. The fraction of sp³-hybridized carbons (Fsp3) is 0.700. The monoisotopic (exact) mass is 259 g/mol. The topological polar surface area (TPSA) is 85.1 Å². The summed E-state index contributed by atoms with van der Waals surface area (Å²) in [5, 5.41) is 12.1. The Morgan fingerprint density at radius 1 is 1.59 bits per heavy atom. The molecule has 0 saturated carbocycles. The summed E-state index contributed by atoms with van der Waals surface area (Å²) < 4.78 is 13.6. The van der Waals surface area contributed by atoms with Crippen molar-refractivity contribution >= 4 is 16.8 Å². The number of aromatic nitrogens is 3. The van der Waals surface area contributed by atoms with Crippen LogP contribution in [0.15, 0.2) is 6.33 Å². The van der Waals surface area contributed by atoms with E-state index in [9.17, 15) is 9.00 Å². The number of rotatable bonds is 6. The van der Waals surface area contributed by atoms with E-state index in [2.05, 4.69) is 10.1 Å². The van der Waals surface area contributed by atoms with Crippen LogP contribution in [-0.2, 0) is 27.9 Å². The zero-order chi connectivity index (χ0) is 13.0. The van der Waals surface area contributed by atoms with Crippen LogP contribution in [0.3, 0.4) is 0 Å². The lowest BCUT2D eigenvalue weighted by Crippen LogP contribution is -2.32. The highest BCUT2D eigenvalue weighted by Gasteiger charge is 2.29. The van der Waals surface area contributed by atoms with Crippen molar-refractivity contribution in [2.75, 3.05) is 0 Å². The molecular weight excluding hydrogens is 242 g/mol. The molecule has 0 amide bonds. The zero-order valence-corrected chi connectivity index (χ0v) is 11.0. The maximum atomic E-state index is 12.0. The van der Waals surface area contributed by atoms with Crippen LogP contribution in [0, 0.1) is 5.92 Å². The quantitative estimate of drug-likeness (QED) is 0.811. The fourth-order valence-electron chi connectivity index (χ4n) is 1.58. The van der Waals surface area contributed by atoms with Gasteiger partial charge in [0.1, 0.15) is 17.4 Å². The Balaban J connectivity index is 2.81. The van der Waals surface area contributed by atoms with E-state index in [1.54, 1.807) is 18.5 Å². The molecule has 0 radical (unpaired) electrons. The standard InChI is InChI=1S/C10H17N3O3S/c1-4-13-8(11-6-12-13)5-17(16)9(7(2)3)10(14)15/h6-7,9H,4-5H2,1-3H3,(H,14,15). The van der Waals surface area contributed by atoms with Crippen LogP contribution in [0.4, 0.5) is 0 Å². The van der Waals surface area contributed by atoms with Crippen LogP contribution in [0.5, 0.6) is 0 Å². The summed E-state index contributed by atoms with van der Waals surface area (Å²) in [6.07, 6.45) is 1.39. The second-order valence-corrected chi connectivity index (χ2v) is 5.58. The van der Waals surface area contributed by atoms with Crippen molar-refractivity contribution < 1.29 is 14.1 Å². The minimum Gasteiger partial charge on any atom is -0.480 e. The molecule has 2 unspecified atom stereocenters. The molecule has 0 bridgehead atoms. The molecule has 0 fully saturated rings. The molecule has 1 aromatic rings. The predicted molar refractivity (Wildman–Crippen MR) is 63.8 cm³/mol. The first-order valence-corrected chi connectivity index (χ1v) is 6.82. The van der Waals surface area contributed by atoms with Gasteiger partial charge in [0.05, 0.1) is 5.75 Å². The Bertz CT molecular complexity index is 417. The van der Waals surface area contributed by atoms with Gasteiger partial charge < -0.3 is 5.11 Å². The van der Waals surface area contributed by atoms with Crippen molar-refractivity contribution in [3.05, 3.63) is 12.2 Å². The van der Waals surface area contributed by atoms with Crippen LogP contribution in [-0.4, -0.2) is 35.3 Å². The Hall–Kier alpha value is -1.24. The van der Waals surface area contributed by atoms with Crippen molar-refractivity contribution in [3.8, 4) is 0 Å². The number of carboxylic acids is 1. The molecule has 1 N–H and O–H groups in total. The molecule has 7 heteroatoms. The highest BCUT2D eigenvalue weighted by molar-refractivity contribution is 7.85. The molecule has 0 saturated heterocycles. The summed E-state index contributed by atoms with van der Waals surface area (Å²) >= 11 is 0. The van der Waals surface area contributed by atoms with Crippen molar-refractivity contribution in [2.24, 2.45) is 5.92 Å². The first-order chi connectivity index (χ1) is 7.97. The molecule has 0 spiro atoms. The largest absolute Gasteiger partial charge is 0.480 e. The minimum atomic E-state index is -1.48. The van der Waals surface area contributed by atoms with Gasteiger partial charge in [-0.3, -0.25) is 9.00 Å². The molecule has 0 aliphatic heterocycles. The van der Waals surface area contributed by atoms with E-state index in [-0.39, 0.29) is 11.7 Å². The lowest BCUT2D eigenvalue weighted by Gasteiger charge is -2.15. The van der Waals surface area contributed by atoms with Crippen LogP contribution >= 0.6 is 0 Å². The van der Waals surface area contributed by atoms with E-state index in [0.29, 0.717) is 12.4 Å². The van der Waals surface area contributed by atoms with E-state index in [4.69, 9.17) is 5.11 Å². The summed E-state index contributed by atoms with van der Waals surface area (Å²) in [7, 11) is -1.48. The SMILES string of the molecule is CCn1ncnc1CS(=O)C(C(=O)O)C(C)C. The Kier molecular flexibility index (Phi) is 4.80. The normalized spacial score (nSPS) is 14.8. The van der Waals surface area contributed by atoms with Crippen molar-refractivity contribution in [1.29, 1.82) is 0 Å².